The van der Waals surface area contributed by atoms with E-state index in [1.165, 1.54) is 23.1 Å². The molecule has 0 unspecified atom stereocenters. The van der Waals surface area contributed by atoms with Crippen molar-refractivity contribution in [1.82, 2.24) is 5.32 Å². The van der Waals surface area contributed by atoms with Crippen LogP contribution in [0.15, 0.2) is 70.8 Å². The molecule has 2 aromatic carbocycles. The van der Waals surface area contributed by atoms with Crippen LogP contribution in [0.25, 0.3) is 6.08 Å². The van der Waals surface area contributed by atoms with Crippen LogP contribution in [0.3, 0.4) is 0 Å². The number of alkyl halides is 3. The number of ether oxygens (including phenoxy) is 2. The Kier molecular flexibility index (Phi) is 6.60. The number of hydrogen-bond donors (Lipinski definition) is 1. The van der Waals surface area contributed by atoms with E-state index in [4.69, 9.17) is 26.1 Å². The topological polar surface area (TPSA) is 63.9 Å². The van der Waals surface area contributed by atoms with Crippen LogP contribution >= 0.6 is 12.2 Å². The van der Waals surface area contributed by atoms with Crippen LogP contribution in [0.2, 0.25) is 0 Å². The number of amides is 1. The largest absolute Gasteiger partial charge is 0.494 e. The normalized spacial score (nSPS) is 15.1. The third kappa shape index (κ3) is 5.23. The summed E-state index contributed by atoms with van der Waals surface area (Å²) in [7, 11) is 0. The van der Waals surface area contributed by atoms with Gasteiger partial charge in [0.1, 0.15) is 35.3 Å². The summed E-state index contributed by atoms with van der Waals surface area (Å²) in [5, 5.41) is 3.09. The third-order valence-electron chi connectivity index (χ3n) is 4.80. The monoisotopic (exact) mass is 488 g/mol. The van der Waals surface area contributed by atoms with Crippen LogP contribution in [0.1, 0.15) is 24.0 Å². The number of furan rings is 1. The molecule has 1 aliphatic rings. The Morgan fingerprint density at radius 1 is 1.06 bits per heavy atom. The van der Waals surface area contributed by atoms with Crippen molar-refractivity contribution in [3.05, 3.63) is 83.4 Å². The molecule has 0 bridgehead atoms. The van der Waals surface area contributed by atoms with Crippen LogP contribution in [0, 0.1) is 0 Å². The highest BCUT2D eigenvalue weighted by Gasteiger charge is 2.32. The van der Waals surface area contributed by atoms with Gasteiger partial charge in [-0.05, 0) is 73.7 Å². The van der Waals surface area contributed by atoms with Crippen LogP contribution in [-0.2, 0) is 17.6 Å². The van der Waals surface area contributed by atoms with Crippen molar-refractivity contribution >= 4 is 35.0 Å². The van der Waals surface area contributed by atoms with Gasteiger partial charge in [0, 0.05) is 6.08 Å². The average Bonchev–Trinajstić information content (AvgIpc) is 3.36. The van der Waals surface area contributed by atoms with E-state index in [1.54, 1.807) is 36.4 Å². The van der Waals surface area contributed by atoms with Gasteiger partial charge in [-0.1, -0.05) is 6.07 Å². The number of nitrogens with one attached hydrogen (secondary N) is 1. The summed E-state index contributed by atoms with van der Waals surface area (Å²) in [4.78, 5) is 14.2. The molecule has 0 radical (unpaired) electrons. The minimum Gasteiger partial charge on any atom is -0.494 e. The number of carbonyl (C=O) groups excluding carboxylic acids is 1. The molecule has 1 N–H and O–H groups in total. The second-order valence-corrected chi connectivity index (χ2v) is 7.56. The highest BCUT2D eigenvalue weighted by atomic mass is 32.1. The minimum atomic E-state index is -4.45. The number of halogens is 3. The second-order valence-electron chi connectivity index (χ2n) is 7.17. The first-order valence-electron chi connectivity index (χ1n) is 10.2. The van der Waals surface area contributed by atoms with Crippen LogP contribution in [0.4, 0.5) is 18.9 Å². The molecule has 1 fully saturated rings. The quantitative estimate of drug-likeness (QED) is 0.348. The molecule has 1 saturated heterocycles. The SMILES string of the molecule is CCOc1ccc(N2C(=O)/C(=C\c3ccc(COc4cccc(C(F)(F)F)c4)o3)NC2=S)cc1. The molecule has 3 aromatic rings. The first kappa shape index (κ1) is 23.4. The average molecular weight is 488 g/mol. The maximum absolute atomic E-state index is 12.9. The van der Waals surface area contributed by atoms with Crippen LogP contribution in [0.5, 0.6) is 11.5 Å². The number of thiocarbonyl (C=S) groups is 1. The van der Waals surface area contributed by atoms with Crippen molar-refractivity contribution in [2.45, 2.75) is 19.7 Å². The summed E-state index contributed by atoms with van der Waals surface area (Å²) in [6.45, 7) is 2.33. The molecular formula is C24H19F3N2O4S. The zero-order valence-electron chi connectivity index (χ0n) is 17.9. The summed E-state index contributed by atoms with van der Waals surface area (Å²) in [5.41, 5.74) is 0.0105. The molecule has 6 nitrogen and oxygen atoms in total. The summed E-state index contributed by atoms with van der Waals surface area (Å²) in [6, 6.07) is 14.8. The van der Waals surface area contributed by atoms with Gasteiger partial charge < -0.3 is 19.2 Å². The Hall–Kier alpha value is -3.79. The lowest BCUT2D eigenvalue weighted by Crippen LogP contribution is -2.30. The van der Waals surface area contributed by atoms with Gasteiger partial charge in [0.2, 0.25) is 0 Å². The van der Waals surface area contributed by atoms with Crippen LogP contribution < -0.4 is 19.7 Å². The van der Waals surface area contributed by atoms with E-state index in [2.05, 4.69) is 5.32 Å². The van der Waals surface area contributed by atoms with Gasteiger partial charge in [0.15, 0.2) is 5.11 Å². The number of nitrogens with zero attached hydrogens (tertiary/aromatic N) is 1. The van der Waals surface area contributed by atoms with E-state index < -0.39 is 11.7 Å². The van der Waals surface area contributed by atoms with Crippen molar-refractivity contribution < 1.29 is 31.9 Å². The molecular weight excluding hydrogens is 469 g/mol. The van der Waals surface area contributed by atoms with Gasteiger partial charge in [-0.3, -0.25) is 9.69 Å². The molecule has 2 heterocycles. The molecule has 1 aromatic heterocycles. The summed E-state index contributed by atoms with van der Waals surface area (Å²) < 4.78 is 55.0. The molecule has 34 heavy (non-hydrogen) atoms. The van der Waals surface area contributed by atoms with E-state index in [9.17, 15) is 18.0 Å². The summed E-state index contributed by atoms with van der Waals surface area (Å²) in [6.07, 6.45) is -2.96. The Morgan fingerprint density at radius 2 is 1.82 bits per heavy atom. The van der Waals surface area contributed by atoms with Gasteiger partial charge in [-0.25, -0.2) is 0 Å². The summed E-state index contributed by atoms with van der Waals surface area (Å²) in [5.74, 6) is 1.13. The molecule has 0 atom stereocenters. The lowest BCUT2D eigenvalue weighted by Gasteiger charge is -2.14. The molecule has 1 amide bonds. The van der Waals surface area contributed by atoms with Crippen LogP contribution in [-0.4, -0.2) is 17.6 Å². The lowest BCUT2D eigenvalue weighted by atomic mass is 10.2. The first-order valence-corrected chi connectivity index (χ1v) is 10.6. The van der Waals surface area contributed by atoms with Crippen molar-refractivity contribution in [2.75, 3.05) is 11.5 Å². The zero-order valence-corrected chi connectivity index (χ0v) is 18.7. The predicted molar refractivity (Wildman–Crippen MR) is 123 cm³/mol. The fourth-order valence-corrected chi connectivity index (χ4v) is 3.53. The van der Waals surface area contributed by atoms with Gasteiger partial charge >= 0.3 is 6.18 Å². The first-order chi connectivity index (χ1) is 16.2. The number of carbonyl (C=O) groups is 1. The molecule has 1 aliphatic heterocycles. The number of anilines is 1. The Labute approximate surface area is 198 Å². The van der Waals surface area contributed by atoms with Crippen molar-refractivity contribution in [3.63, 3.8) is 0 Å². The second kappa shape index (κ2) is 9.60. The Morgan fingerprint density at radius 3 is 2.53 bits per heavy atom. The molecule has 10 heteroatoms. The summed E-state index contributed by atoms with van der Waals surface area (Å²) >= 11 is 5.31. The zero-order chi connectivity index (χ0) is 24.3. The standard InChI is InChI=1S/C24H19F3N2O4S/c1-2-31-17-8-6-16(7-9-17)29-22(30)21(28-23(29)34)13-19-10-11-20(33-19)14-32-18-5-3-4-15(12-18)24(25,26)27/h3-13H,2,14H2,1H3,(H,28,34)/b21-13+. The minimum absolute atomic E-state index is 0.0649. The number of rotatable bonds is 7. The Balaban J connectivity index is 1.43. The molecule has 176 valence electrons. The third-order valence-corrected chi connectivity index (χ3v) is 5.08. The fourth-order valence-electron chi connectivity index (χ4n) is 3.24. The van der Waals surface area contributed by atoms with E-state index in [0.29, 0.717) is 29.6 Å². The predicted octanol–water partition coefficient (Wildman–Crippen LogP) is 5.54. The fraction of sp³-hybridized carbons (Fsp3) is 0.167. The van der Waals surface area contributed by atoms with Crippen molar-refractivity contribution in [2.24, 2.45) is 0 Å². The van der Waals surface area contributed by atoms with E-state index in [1.807, 2.05) is 6.92 Å². The van der Waals surface area contributed by atoms with E-state index >= 15 is 0 Å². The maximum Gasteiger partial charge on any atom is 0.416 e. The highest BCUT2D eigenvalue weighted by molar-refractivity contribution is 7.80. The number of hydrogen-bond acceptors (Lipinski definition) is 5. The smallest absolute Gasteiger partial charge is 0.416 e. The lowest BCUT2D eigenvalue weighted by molar-refractivity contribution is -0.137. The van der Waals surface area contributed by atoms with Crippen molar-refractivity contribution in [1.29, 1.82) is 0 Å². The highest BCUT2D eigenvalue weighted by Crippen LogP contribution is 2.31. The van der Waals surface area contributed by atoms with E-state index in [0.717, 1.165) is 12.1 Å². The molecule has 0 spiro atoms. The van der Waals surface area contributed by atoms with Gasteiger partial charge in [0.25, 0.3) is 5.91 Å². The maximum atomic E-state index is 12.9. The molecule has 4 rings (SSSR count). The Bertz CT molecular complexity index is 1240. The van der Waals surface area contributed by atoms with Gasteiger partial charge in [-0.15, -0.1) is 0 Å². The molecule has 0 saturated carbocycles. The van der Waals surface area contributed by atoms with E-state index in [-0.39, 0.29) is 29.1 Å². The van der Waals surface area contributed by atoms with Gasteiger partial charge in [0.05, 0.1) is 17.9 Å². The van der Waals surface area contributed by atoms with Crippen molar-refractivity contribution in [3.8, 4) is 11.5 Å². The molecule has 0 aliphatic carbocycles. The van der Waals surface area contributed by atoms with Gasteiger partial charge in [-0.2, -0.15) is 13.2 Å². The number of benzene rings is 2.